The van der Waals surface area contributed by atoms with Gasteiger partial charge in [0.2, 0.25) is 11.9 Å². The van der Waals surface area contributed by atoms with Crippen molar-refractivity contribution >= 4 is 23.4 Å². The van der Waals surface area contributed by atoms with Crippen LogP contribution in [0.25, 0.3) is 28.2 Å². The number of phenols is 2. The molecule has 0 spiro atoms. The monoisotopic (exact) mass is 661 g/mol. The van der Waals surface area contributed by atoms with Crippen molar-refractivity contribution < 1.29 is 28.9 Å². The number of aromatic nitrogens is 8. The van der Waals surface area contributed by atoms with Gasteiger partial charge in [-0.15, -0.1) is 5.10 Å². The molecular weight excluding hydrogens is 640 g/mol. The van der Waals surface area contributed by atoms with E-state index in [0.717, 1.165) is 12.1 Å². The molecule has 0 aliphatic carbocycles. The molecule has 0 fully saturated rings. The Morgan fingerprint density at radius 2 is 1.81 bits per heavy atom. The summed E-state index contributed by atoms with van der Waals surface area (Å²) in [5.74, 6) is -3.52. The molecule has 5 heterocycles. The zero-order valence-corrected chi connectivity index (χ0v) is 24.6. The number of carboxylic acids is 1. The molecule has 17 heteroatoms. The number of fused-ring (bicyclic) bond motifs is 1. The van der Waals surface area contributed by atoms with E-state index in [2.05, 4.69) is 30.5 Å². The quantitative estimate of drug-likeness (QED) is 0.131. The third kappa shape index (κ3) is 6.08. The van der Waals surface area contributed by atoms with Gasteiger partial charge in [0.1, 0.15) is 35.0 Å². The minimum atomic E-state index is -1.27. The van der Waals surface area contributed by atoms with E-state index in [1.54, 1.807) is 18.2 Å². The zero-order valence-electron chi connectivity index (χ0n) is 23.8. The summed E-state index contributed by atoms with van der Waals surface area (Å²) in [5.41, 5.74) is 7.58. The lowest BCUT2D eigenvalue weighted by molar-refractivity contribution is 0.0693. The summed E-state index contributed by atoms with van der Waals surface area (Å²) >= 11 is 6.24. The van der Waals surface area contributed by atoms with Gasteiger partial charge < -0.3 is 30.6 Å². The first-order valence-electron chi connectivity index (χ1n) is 13.7. The van der Waals surface area contributed by atoms with E-state index in [4.69, 9.17) is 32.7 Å². The first-order chi connectivity index (χ1) is 22.5. The van der Waals surface area contributed by atoms with Gasteiger partial charge >= 0.3 is 5.97 Å². The average Bonchev–Trinajstić information content (AvgIpc) is 3.79. The Hall–Kier alpha value is -6.16. The number of H-pyrrole nitrogens is 1. The van der Waals surface area contributed by atoms with Crippen LogP contribution in [0.2, 0.25) is 5.02 Å². The summed E-state index contributed by atoms with van der Waals surface area (Å²) in [7, 11) is 0. The van der Waals surface area contributed by atoms with E-state index < -0.39 is 23.9 Å². The number of aromatic carboxylic acids is 1. The normalized spacial score (nSPS) is 13.6. The van der Waals surface area contributed by atoms with Gasteiger partial charge in [-0.05, 0) is 83.4 Å². The Bertz CT molecular complexity index is 2210. The number of nitrogen functional groups attached to an aromatic ring is 1. The molecule has 0 saturated carbocycles. The molecule has 1 aliphatic heterocycles. The van der Waals surface area contributed by atoms with Crippen molar-refractivity contribution in [3.05, 3.63) is 111 Å². The summed E-state index contributed by atoms with van der Waals surface area (Å²) < 4.78 is 32.2. The predicted molar refractivity (Wildman–Crippen MR) is 163 cm³/mol. The molecule has 238 valence electrons. The van der Waals surface area contributed by atoms with E-state index in [1.807, 2.05) is 6.07 Å². The summed E-state index contributed by atoms with van der Waals surface area (Å²) in [5, 5.41) is 37.9. The van der Waals surface area contributed by atoms with Crippen LogP contribution in [0, 0.1) is 11.9 Å². The van der Waals surface area contributed by atoms with Gasteiger partial charge in [-0.1, -0.05) is 11.6 Å². The molecule has 0 saturated heterocycles. The molecule has 4 aromatic heterocycles. The minimum Gasteiger partial charge on any atom is -0.508 e. The Kier molecular flexibility index (Phi) is 8.09. The van der Waals surface area contributed by atoms with Gasteiger partial charge in [-0.25, -0.2) is 9.78 Å². The molecule has 47 heavy (non-hydrogen) atoms. The highest BCUT2D eigenvalue weighted by molar-refractivity contribution is 6.31. The molecule has 0 radical (unpaired) electrons. The number of nitrogens with zero attached hydrogens (tertiary/aromatic N) is 7. The van der Waals surface area contributed by atoms with Crippen molar-refractivity contribution in [2.24, 2.45) is 0 Å². The smallest absolute Gasteiger partial charge is 0.339 e. The van der Waals surface area contributed by atoms with Crippen LogP contribution in [0.5, 0.6) is 11.5 Å². The summed E-state index contributed by atoms with van der Waals surface area (Å²) in [4.78, 5) is 33.8. The Labute approximate surface area is 267 Å². The second kappa shape index (κ2) is 12.3. The van der Waals surface area contributed by atoms with Crippen molar-refractivity contribution in [2.45, 2.75) is 18.9 Å². The van der Waals surface area contributed by atoms with Crippen molar-refractivity contribution in [1.82, 2.24) is 39.7 Å². The Balaban J connectivity index is 0.000000300. The van der Waals surface area contributed by atoms with E-state index in [9.17, 15) is 18.4 Å². The molecule has 6 N–H and O–H groups in total. The molecule has 14 nitrogen and oxygen atoms in total. The largest absolute Gasteiger partial charge is 0.508 e. The van der Waals surface area contributed by atoms with E-state index in [0.29, 0.717) is 40.4 Å². The number of phenolic OH excluding ortho intramolecular Hbond substituents is 1. The van der Waals surface area contributed by atoms with E-state index in [1.165, 1.54) is 39.8 Å². The van der Waals surface area contributed by atoms with Gasteiger partial charge in [0.25, 0.3) is 5.56 Å². The van der Waals surface area contributed by atoms with Gasteiger partial charge in [0, 0.05) is 22.3 Å². The summed E-state index contributed by atoms with van der Waals surface area (Å²) in [6.07, 6.45) is 2.41. The van der Waals surface area contributed by atoms with Crippen LogP contribution >= 0.6 is 11.6 Å². The number of pyridine rings is 2. The number of rotatable bonds is 5. The maximum atomic E-state index is 14.9. The number of carboxylic acid groups (broad SMARTS) is 1. The van der Waals surface area contributed by atoms with Crippen molar-refractivity contribution in [1.29, 1.82) is 0 Å². The van der Waals surface area contributed by atoms with Crippen LogP contribution in [0.1, 0.15) is 34.2 Å². The molecule has 1 atom stereocenters. The van der Waals surface area contributed by atoms with Crippen molar-refractivity contribution in [2.75, 3.05) is 5.73 Å². The number of imidazole rings is 1. The lowest BCUT2D eigenvalue weighted by Gasteiger charge is -2.15. The predicted octanol–water partition coefficient (Wildman–Crippen LogP) is 4.12. The maximum Gasteiger partial charge on any atom is 0.339 e. The number of aromatic hydroxyl groups is 2. The second-order valence-electron chi connectivity index (χ2n) is 10.3. The minimum absolute atomic E-state index is 0.00137. The molecular formula is C30H22ClF2N9O5. The fourth-order valence-electron chi connectivity index (χ4n) is 5.27. The lowest BCUT2D eigenvalue weighted by atomic mass is 10.0. The van der Waals surface area contributed by atoms with Crippen LogP contribution < -0.4 is 11.3 Å². The maximum absolute atomic E-state index is 14.9. The number of hydrogen-bond donors (Lipinski definition) is 5. The number of aryl methyl sites for hydroxylation is 1. The van der Waals surface area contributed by atoms with Crippen molar-refractivity contribution in [3.63, 3.8) is 0 Å². The summed E-state index contributed by atoms with van der Waals surface area (Å²) in [6.45, 7) is 0. The molecule has 1 aliphatic rings. The van der Waals surface area contributed by atoms with Crippen LogP contribution in [0.3, 0.4) is 0 Å². The average molecular weight is 662 g/mol. The van der Waals surface area contributed by atoms with E-state index in [-0.39, 0.29) is 45.5 Å². The van der Waals surface area contributed by atoms with Crippen LogP contribution in [-0.4, -0.2) is 61.0 Å². The first kappa shape index (κ1) is 30.8. The number of benzene rings is 2. The highest BCUT2D eigenvalue weighted by atomic mass is 35.5. The van der Waals surface area contributed by atoms with Crippen molar-refractivity contribution in [3.8, 4) is 39.7 Å². The number of carbonyl (C=O) groups is 1. The third-order valence-corrected chi connectivity index (χ3v) is 7.59. The van der Waals surface area contributed by atoms with Gasteiger partial charge in [-0.2, -0.15) is 18.4 Å². The number of tetrazole rings is 1. The highest BCUT2D eigenvalue weighted by Gasteiger charge is 2.31. The lowest BCUT2D eigenvalue weighted by Crippen LogP contribution is -2.24. The van der Waals surface area contributed by atoms with E-state index >= 15 is 0 Å². The topological polar surface area (TPSA) is 211 Å². The molecule has 7 rings (SSSR count). The number of nitrogens with two attached hydrogens (primary N) is 1. The molecule has 0 amide bonds. The van der Waals surface area contributed by atoms with Crippen LogP contribution in [0.15, 0.2) is 71.8 Å². The molecule has 6 aromatic rings. The number of nitrogens with one attached hydrogen (secondary N) is 1. The van der Waals surface area contributed by atoms with Gasteiger partial charge in [0.05, 0.1) is 23.0 Å². The fourth-order valence-corrected chi connectivity index (χ4v) is 5.44. The molecule has 0 bridgehead atoms. The first-order valence-corrected chi connectivity index (χ1v) is 14.1. The zero-order chi connectivity index (χ0) is 33.4. The highest BCUT2D eigenvalue weighted by Crippen LogP contribution is 2.35. The van der Waals surface area contributed by atoms with Gasteiger partial charge in [0.15, 0.2) is 0 Å². The van der Waals surface area contributed by atoms with Crippen LogP contribution in [0.4, 0.5) is 14.6 Å². The summed E-state index contributed by atoms with van der Waals surface area (Å²) in [6, 6.07) is 14.0. The van der Waals surface area contributed by atoms with Gasteiger partial charge in [-0.3, -0.25) is 4.79 Å². The molecule has 0 unspecified atom stereocenters. The Morgan fingerprint density at radius 3 is 2.51 bits per heavy atom. The number of anilines is 1. The standard InChI is InChI=1S/C23H16ClF2N9O.C7H6O4/c24-12-1-4-16(34-10-28-32-33-34)15(9-12)11-7-13-2-5-17(35(13)19(36)8-11)20-22(26)31-23(30-20)14-3-6-18(27)29-21(14)25;8-4-1-2-6(9)5(3-4)7(10)11/h1,3-4,6-10,17H,2,5H2,(H2,27,29)(H,30,31);1-3,8-9H,(H,10,11)/t17-;/m1./s1. The SMILES string of the molecule is Nc1ccc(-c2nc(F)c([C@H]3CCc4cc(-c5cc(Cl)ccc5-n5cnnn5)cc(=O)n43)[nH]2)c(F)n1.O=C(O)c1cc(O)ccc1O. The number of halogens is 3. The second-order valence-corrected chi connectivity index (χ2v) is 10.7. The fraction of sp³-hybridized carbons (Fsp3) is 0.100. The number of hydrogen-bond acceptors (Lipinski definition) is 10. The molecule has 2 aromatic carbocycles. The third-order valence-electron chi connectivity index (χ3n) is 7.35. The Morgan fingerprint density at radius 1 is 1.00 bits per heavy atom. The van der Waals surface area contributed by atoms with Crippen LogP contribution in [-0.2, 0) is 6.42 Å². The number of aromatic amines is 1.